The highest BCUT2D eigenvalue weighted by atomic mass is 16.5. The SMILES string of the molecule is C=C(C)[C@@H]1CC[C@]2(COC(C)=O)CC[C@]3(C)[C@H](CC[C@@H]4C5(C)CCC(=O)C(C)(C)[C@@H]5CCC43C)[C@@H]12. The van der Waals surface area contributed by atoms with E-state index in [-0.39, 0.29) is 27.6 Å². The maximum atomic E-state index is 13.0. The number of fused-ring (bicyclic) bond motifs is 7. The minimum atomic E-state index is -0.186. The van der Waals surface area contributed by atoms with E-state index >= 15 is 0 Å². The monoisotopic (exact) mass is 482 g/mol. The Labute approximate surface area is 214 Å². The topological polar surface area (TPSA) is 43.4 Å². The quantitative estimate of drug-likeness (QED) is 0.305. The van der Waals surface area contributed by atoms with Gasteiger partial charge in [-0.1, -0.05) is 46.8 Å². The van der Waals surface area contributed by atoms with Crippen LogP contribution < -0.4 is 0 Å². The molecule has 3 heteroatoms. The van der Waals surface area contributed by atoms with E-state index < -0.39 is 0 Å². The molecule has 0 radical (unpaired) electrons. The zero-order valence-electron chi connectivity index (χ0n) is 23.6. The lowest BCUT2D eigenvalue weighted by molar-refractivity contribution is -0.237. The van der Waals surface area contributed by atoms with Crippen molar-refractivity contribution in [3.8, 4) is 0 Å². The Morgan fingerprint density at radius 2 is 1.60 bits per heavy atom. The predicted octanol–water partition coefficient (Wildman–Crippen LogP) is 7.78. The second-order valence-corrected chi connectivity index (χ2v) is 15.0. The molecule has 0 aromatic carbocycles. The van der Waals surface area contributed by atoms with Gasteiger partial charge in [0.05, 0.1) is 6.61 Å². The highest BCUT2D eigenvalue weighted by molar-refractivity contribution is 5.85. The number of hydrogen-bond acceptors (Lipinski definition) is 3. The van der Waals surface area contributed by atoms with Gasteiger partial charge < -0.3 is 4.74 Å². The van der Waals surface area contributed by atoms with Gasteiger partial charge >= 0.3 is 5.97 Å². The first kappa shape index (κ1) is 25.5. The number of Topliss-reactive ketones (excluding diaryl/α,β-unsaturated/α-hetero) is 1. The van der Waals surface area contributed by atoms with Crippen molar-refractivity contribution < 1.29 is 14.3 Å². The van der Waals surface area contributed by atoms with Crippen LogP contribution in [0, 0.1) is 56.7 Å². The van der Waals surface area contributed by atoms with Crippen LogP contribution in [-0.4, -0.2) is 18.4 Å². The minimum Gasteiger partial charge on any atom is -0.465 e. The van der Waals surface area contributed by atoms with Gasteiger partial charge in [-0.3, -0.25) is 9.59 Å². The molecule has 5 rings (SSSR count). The Morgan fingerprint density at radius 1 is 0.886 bits per heavy atom. The fraction of sp³-hybridized carbons (Fsp3) is 0.875. The molecule has 0 bridgehead atoms. The highest BCUT2D eigenvalue weighted by Gasteiger charge is 2.71. The van der Waals surface area contributed by atoms with E-state index in [2.05, 4.69) is 48.1 Å². The normalized spacial score (nSPS) is 50.4. The van der Waals surface area contributed by atoms with Crippen molar-refractivity contribution in [1.29, 1.82) is 0 Å². The first-order valence-electron chi connectivity index (χ1n) is 14.5. The minimum absolute atomic E-state index is 0.128. The molecule has 0 aliphatic heterocycles. The Balaban J connectivity index is 1.53. The summed E-state index contributed by atoms with van der Waals surface area (Å²) in [5.74, 6) is 3.34. The van der Waals surface area contributed by atoms with Gasteiger partial charge in [-0.2, -0.15) is 0 Å². The fourth-order valence-corrected chi connectivity index (χ4v) is 11.6. The van der Waals surface area contributed by atoms with Crippen molar-refractivity contribution in [2.24, 2.45) is 56.7 Å². The van der Waals surface area contributed by atoms with Gasteiger partial charge in [-0.25, -0.2) is 0 Å². The molecule has 5 aliphatic carbocycles. The van der Waals surface area contributed by atoms with E-state index in [1.807, 2.05) is 0 Å². The van der Waals surface area contributed by atoms with E-state index in [9.17, 15) is 9.59 Å². The van der Waals surface area contributed by atoms with Crippen molar-refractivity contribution in [3.63, 3.8) is 0 Å². The number of ketones is 1. The fourth-order valence-electron chi connectivity index (χ4n) is 11.6. The number of rotatable bonds is 3. The van der Waals surface area contributed by atoms with Crippen LogP contribution in [0.25, 0.3) is 0 Å². The third-order valence-corrected chi connectivity index (χ3v) is 13.5. The molecule has 0 aromatic rings. The molecule has 5 aliphatic rings. The van der Waals surface area contributed by atoms with Crippen LogP contribution in [0.15, 0.2) is 12.2 Å². The number of esters is 1. The van der Waals surface area contributed by atoms with Crippen LogP contribution >= 0.6 is 0 Å². The summed E-state index contributed by atoms with van der Waals surface area (Å²) < 4.78 is 5.78. The van der Waals surface area contributed by atoms with Crippen molar-refractivity contribution in [2.45, 2.75) is 113 Å². The largest absolute Gasteiger partial charge is 0.465 e. The summed E-state index contributed by atoms with van der Waals surface area (Å²) in [6.07, 6.45) is 11.6. The average molecular weight is 483 g/mol. The van der Waals surface area contributed by atoms with Crippen molar-refractivity contribution in [3.05, 3.63) is 12.2 Å². The second kappa shape index (κ2) is 7.94. The molecule has 0 spiro atoms. The van der Waals surface area contributed by atoms with Gasteiger partial charge in [-0.15, -0.1) is 0 Å². The van der Waals surface area contributed by atoms with Crippen LogP contribution in [0.2, 0.25) is 0 Å². The molecule has 5 saturated carbocycles. The van der Waals surface area contributed by atoms with E-state index in [1.165, 1.54) is 56.9 Å². The molecule has 9 atom stereocenters. The van der Waals surface area contributed by atoms with E-state index in [0.29, 0.717) is 47.4 Å². The van der Waals surface area contributed by atoms with Gasteiger partial charge in [0.2, 0.25) is 0 Å². The van der Waals surface area contributed by atoms with Crippen molar-refractivity contribution in [1.82, 2.24) is 0 Å². The van der Waals surface area contributed by atoms with E-state index in [1.54, 1.807) is 6.92 Å². The van der Waals surface area contributed by atoms with Crippen LogP contribution in [0.1, 0.15) is 113 Å². The standard InChI is InChI=1S/C32H50O3/c1-20(2)22-11-16-32(19-35-21(3)33)18-17-30(7)23(27(22)32)9-10-25-29(6)14-13-26(34)28(4,5)24(29)12-15-31(25,30)8/h22-25,27H,1,9-19H2,2-8H3/t22-,23+,24-,25+,27+,29?,30+,31?,32+/m0/s1. The molecule has 0 saturated heterocycles. The molecule has 0 amide bonds. The zero-order valence-corrected chi connectivity index (χ0v) is 23.6. The van der Waals surface area contributed by atoms with Gasteiger partial charge in [0, 0.05) is 24.2 Å². The lowest BCUT2D eigenvalue weighted by atomic mass is 9.32. The van der Waals surface area contributed by atoms with Crippen LogP contribution in [0.5, 0.6) is 0 Å². The Kier molecular flexibility index (Phi) is 5.79. The molecule has 0 aromatic heterocycles. The molecular weight excluding hydrogens is 432 g/mol. The van der Waals surface area contributed by atoms with Gasteiger partial charge in [0.1, 0.15) is 5.78 Å². The van der Waals surface area contributed by atoms with E-state index in [0.717, 1.165) is 12.8 Å². The first-order chi connectivity index (χ1) is 16.2. The molecule has 0 N–H and O–H groups in total. The van der Waals surface area contributed by atoms with Crippen molar-refractivity contribution in [2.75, 3.05) is 6.61 Å². The van der Waals surface area contributed by atoms with Crippen LogP contribution in [0.4, 0.5) is 0 Å². The molecular formula is C32H50O3. The molecule has 5 fully saturated rings. The first-order valence-corrected chi connectivity index (χ1v) is 14.5. The predicted molar refractivity (Wildman–Crippen MR) is 141 cm³/mol. The Morgan fingerprint density at radius 3 is 2.26 bits per heavy atom. The summed E-state index contributed by atoms with van der Waals surface area (Å²) in [4.78, 5) is 24.8. The number of carbonyl (C=O) groups excluding carboxylic acids is 2. The maximum Gasteiger partial charge on any atom is 0.302 e. The third kappa shape index (κ3) is 3.27. The Hall–Kier alpha value is -1.12. The molecule has 0 heterocycles. The van der Waals surface area contributed by atoms with E-state index in [4.69, 9.17) is 4.74 Å². The zero-order chi connectivity index (χ0) is 25.6. The number of ether oxygens (including phenoxy) is 1. The summed E-state index contributed by atoms with van der Waals surface area (Å²) >= 11 is 0. The number of carbonyl (C=O) groups is 2. The lowest BCUT2D eigenvalue weighted by Gasteiger charge is -2.72. The summed E-state index contributed by atoms with van der Waals surface area (Å²) in [7, 11) is 0. The molecule has 35 heavy (non-hydrogen) atoms. The number of hydrogen-bond donors (Lipinski definition) is 0. The number of allylic oxidation sites excluding steroid dienone is 1. The molecule has 2 unspecified atom stereocenters. The smallest absolute Gasteiger partial charge is 0.302 e. The van der Waals surface area contributed by atoms with Gasteiger partial charge in [0.25, 0.3) is 0 Å². The molecule has 3 nitrogen and oxygen atoms in total. The highest BCUT2D eigenvalue weighted by Crippen LogP contribution is 2.77. The average Bonchev–Trinajstić information content (AvgIpc) is 3.16. The molecule has 196 valence electrons. The second-order valence-electron chi connectivity index (χ2n) is 15.0. The van der Waals surface area contributed by atoms with Crippen LogP contribution in [-0.2, 0) is 14.3 Å². The van der Waals surface area contributed by atoms with Gasteiger partial charge in [-0.05, 0) is 111 Å². The summed E-state index contributed by atoms with van der Waals surface area (Å²) in [5.41, 5.74) is 2.12. The van der Waals surface area contributed by atoms with Crippen molar-refractivity contribution >= 4 is 11.8 Å². The summed E-state index contributed by atoms with van der Waals surface area (Å²) in [5, 5.41) is 0. The van der Waals surface area contributed by atoms with Gasteiger partial charge in [0.15, 0.2) is 0 Å². The lowest BCUT2D eigenvalue weighted by Crippen LogP contribution is -2.66. The summed E-state index contributed by atoms with van der Waals surface area (Å²) in [6.45, 7) is 21.2. The maximum absolute atomic E-state index is 13.0. The van der Waals surface area contributed by atoms with Crippen LogP contribution in [0.3, 0.4) is 0 Å². The Bertz CT molecular complexity index is 933. The summed E-state index contributed by atoms with van der Waals surface area (Å²) in [6, 6.07) is 0. The third-order valence-electron chi connectivity index (χ3n) is 13.5.